The van der Waals surface area contributed by atoms with Crippen LogP contribution < -0.4 is 10.6 Å². The van der Waals surface area contributed by atoms with E-state index in [0.717, 1.165) is 24.1 Å². The summed E-state index contributed by atoms with van der Waals surface area (Å²) in [5.74, 6) is 0.0388. The highest BCUT2D eigenvalue weighted by Gasteiger charge is 2.38. The van der Waals surface area contributed by atoms with Gasteiger partial charge in [0.15, 0.2) is 0 Å². The van der Waals surface area contributed by atoms with E-state index in [1.165, 1.54) is 16.3 Å². The van der Waals surface area contributed by atoms with Crippen LogP contribution in [0.2, 0.25) is 0 Å². The Kier molecular flexibility index (Phi) is 6.36. The average molecular weight is 467 g/mol. The fraction of sp³-hybridized carbons (Fsp3) is 0.276. The third kappa shape index (κ3) is 5.27. The van der Waals surface area contributed by atoms with Gasteiger partial charge in [-0.05, 0) is 54.7 Å². The predicted octanol–water partition coefficient (Wildman–Crippen LogP) is 4.87. The number of benzene rings is 3. The van der Waals surface area contributed by atoms with E-state index in [9.17, 15) is 9.59 Å². The molecule has 5 rings (SSSR count). The quantitative estimate of drug-likeness (QED) is 0.389. The number of nitrogens with zero attached hydrogens (tertiary/aromatic N) is 2. The van der Waals surface area contributed by atoms with E-state index >= 15 is 0 Å². The second kappa shape index (κ2) is 9.74. The molecule has 2 atom stereocenters. The summed E-state index contributed by atoms with van der Waals surface area (Å²) in [6.45, 7) is 1.96. The maximum atomic E-state index is 12.9. The molecule has 178 valence electrons. The summed E-state index contributed by atoms with van der Waals surface area (Å²) in [5, 5.41) is 13.1. The number of fused-ring (bicyclic) bond motifs is 1. The molecule has 6 heteroatoms. The van der Waals surface area contributed by atoms with Crippen LogP contribution in [-0.4, -0.2) is 27.1 Å². The zero-order valence-electron chi connectivity index (χ0n) is 19.9. The minimum absolute atomic E-state index is 0.0241. The van der Waals surface area contributed by atoms with Crippen molar-refractivity contribution in [3.63, 3.8) is 0 Å². The summed E-state index contributed by atoms with van der Waals surface area (Å²) in [5.41, 5.74) is 2.71. The van der Waals surface area contributed by atoms with Crippen LogP contribution in [0, 0.1) is 0 Å². The molecule has 0 saturated carbocycles. The fourth-order valence-electron chi connectivity index (χ4n) is 4.95. The first-order valence-corrected chi connectivity index (χ1v) is 12.2. The fourth-order valence-corrected chi connectivity index (χ4v) is 4.95. The number of hydrogen-bond donors (Lipinski definition) is 2. The number of carbonyl (C=O) groups is 2. The molecule has 1 aliphatic rings. The highest BCUT2D eigenvalue weighted by molar-refractivity contribution is 5.83. The molecule has 2 amide bonds. The molecule has 1 aromatic heterocycles. The van der Waals surface area contributed by atoms with Crippen molar-refractivity contribution in [3.05, 3.63) is 96.3 Å². The largest absolute Gasteiger partial charge is 0.350 e. The molecular formula is C29H30N4O2. The van der Waals surface area contributed by atoms with Gasteiger partial charge < -0.3 is 10.6 Å². The van der Waals surface area contributed by atoms with Gasteiger partial charge in [-0.3, -0.25) is 9.59 Å². The van der Waals surface area contributed by atoms with Crippen molar-refractivity contribution in [1.82, 2.24) is 20.4 Å². The van der Waals surface area contributed by atoms with Crippen molar-refractivity contribution < 1.29 is 9.59 Å². The monoisotopic (exact) mass is 466 g/mol. The van der Waals surface area contributed by atoms with E-state index in [1.54, 1.807) is 6.20 Å². The van der Waals surface area contributed by atoms with E-state index < -0.39 is 5.54 Å². The third-order valence-electron chi connectivity index (χ3n) is 6.92. The Labute approximate surface area is 205 Å². The molecule has 2 N–H and O–H groups in total. The molecule has 1 aliphatic heterocycles. The Morgan fingerprint density at radius 2 is 1.86 bits per heavy atom. The summed E-state index contributed by atoms with van der Waals surface area (Å²) in [6.07, 6.45) is 6.65. The first-order chi connectivity index (χ1) is 17.0. The molecule has 4 aromatic rings. The van der Waals surface area contributed by atoms with Gasteiger partial charge in [0.05, 0.1) is 17.9 Å². The lowest BCUT2D eigenvalue weighted by atomic mass is 9.84. The number of hydrogen-bond acceptors (Lipinski definition) is 3. The lowest BCUT2D eigenvalue weighted by Crippen LogP contribution is -2.44. The van der Waals surface area contributed by atoms with E-state index in [0.29, 0.717) is 19.3 Å². The lowest BCUT2D eigenvalue weighted by molar-refractivity contribution is -0.123. The zero-order chi connectivity index (χ0) is 24.3. The molecule has 1 saturated heterocycles. The number of nitrogens with one attached hydrogen (secondary N) is 2. The van der Waals surface area contributed by atoms with Gasteiger partial charge in [0.1, 0.15) is 0 Å². The second-order valence-electron chi connectivity index (χ2n) is 9.53. The highest BCUT2D eigenvalue weighted by atomic mass is 16.2. The number of para-hydroxylation sites is 1. The van der Waals surface area contributed by atoms with E-state index in [4.69, 9.17) is 0 Å². The van der Waals surface area contributed by atoms with Crippen molar-refractivity contribution >= 4 is 22.6 Å². The maximum Gasteiger partial charge on any atom is 0.220 e. The first kappa shape index (κ1) is 22.8. The molecular weight excluding hydrogens is 436 g/mol. The molecule has 35 heavy (non-hydrogen) atoms. The standard InChI is InChI=1S/C29H30N4O2/c1-21(25-19-30-33(20-25)26-9-3-2-4-10-26)31-27(34)13-15-29(16-14-28(35)32-29)18-22-11-12-23-7-5-6-8-24(23)17-22/h2-12,17,19-21H,13-16,18H2,1H3,(H,31,34)(H,32,35)/t21-,29-/m0/s1. The lowest BCUT2D eigenvalue weighted by Gasteiger charge is -2.29. The molecule has 0 aliphatic carbocycles. The Hall–Kier alpha value is -3.93. The third-order valence-corrected chi connectivity index (χ3v) is 6.92. The first-order valence-electron chi connectivity index (χ1n) is 12.2. The minimum Gasteiger partial charge on any atom is -0.350 e. The SMILES string of the molecule is C[C@H](NC(=O)CC[C@@]1(Cc2ccc3ccccc3c2)CCC(=O)N1)c1cnn(-c2ccccc2)c1. The normalized spacial score (nSPS) is 18.4. The maximum absolute atomic E-state index is 12.9. The van der Waals surface area contributed by atoms with Crippen molar-refractivity contribution in [2.45, 2.75) is 50.6 Å². The van der Waals surface area contributed by atoms with Crippen LogP contribution in [0.25, 0.3) is 16.5 Å². The van der Waals surface area contributed by atoms with Crippen LogP contribution in [0.5, 0.6) is 0 Å². The number of carbonyl (C=O) groups excluding carboxylic acids is 2. The van der Waals surface area contributed by atoms with E-state index in [2.05, 4.69) is 46.1 Å². The van der Waals surface area contributed by atoms with Gasteiger partial charge in [-0.25, -0.2) is 4.68 Å². The Morgan fingerprint density at radius 3 is 2.63 bits per heavy atom. The molecule has 2 heterocycles. The topological polar surface area (TPSA) is 76.0 Å². The molecule has 3 aromatic carbocycles. The van der Waals surface area contributed by atoms with Crippen LogP contribution >= 0.6 is 0 Å². The summed E-state index contributed by atoms with van der Waals surface area (Å²) < 4.78 is 1.81. The van der Waals surface area contributed by atoms with Crippen molar-refractivity contribution in [3.8, 4) is 5.69 Å². The molecule has 0 spiro atoms. The van der Waals surface area contributed by atoms with E-state index in [1.807, 2.05) is 60.3 Å². The number of aromatic nitrogens is 2. The summed E-state index contributed by atoms with van der Waals surface area (Å²) in [7, 11) is 0. The average Bonchev–Trinajstić information content (AvgIpc) is 3.51. The highest BCUT2D eigenvalue weighted by Crippen LogP contribution is 2.31. The van der Waals surface area contributed by atoms with Gasteiger partial charge in [0, 0.05) is 30.1 Å². The van der Waals surface area contributed by atoms with Crippen LogP contribution in [0.4, 0.5) is 0 Å². The van der Waals surface area contributed by atoms with Crippen LogP contribution in [0.3, 0.4) is 0 Å². The van der Waals surface area contributed by atoms with Gasteiger partial charge in [0.2, 0.25) is 11.8 Å². The smallest absolute Gasteiger partial charge is 0.220 e. The van der Waals surface area contributed by atoms with Gasteiger partial charge in [-0.2, -0.15) is 5.10 Å². The number of rotatable bonds is 8. The Balaban J connectivity index is 1.22. The van der Waals surface area contributed by atoms with Crippen LogP contribution in [-0.2, 0) is 16.0 Å². The Bertz CT molecular complexity index is 1350. The van der Waals surface area contributed by atoms with Crippen molar-refractivity contribution in [2.24, 2.45) is 0 Å². The molecule has 0 bridgehead atoms. The van der Waals surface area contributed by atoms with Crippen LogP contribution in [0.1, 0.15) is 49.8 Å². The molecule has 0 unspecified atom stereocenters. The second-order valence-corrected chi connectivity index (χ2v) is 9.53. The van der Waals surface area contributed by atoms with E-state index in [-0.39, 0.29) is 17.9 Å². The van der Waals surface area contributed by atoms with Gasteiger partial charge in [-0.1, -0.05) is 60.7 Å². The summed E-state index contributed by atoms with van der Waals surface area (Å²) in [4.78, 5) is 25.0. The molecule has 0 radical (unpaired) electrons. The predicted molar refractivity (Wildman–Crippen MR) is 137 cm³/mol. The zero-order valence-corrected chi connectivity index (χ0v) is 19.9. The number of amides is 2. The minimum atomic E-state index is -0.391. The molecule has 6 nitrogen and oxygen atoms in total. The van der Waals surface area contributed by atoms with Gasteiger partial charge >= 0.3 is 0 Å². The van der Waals surface area contributed by atoms with Crippen LogP contribution in [0.15, 0.2) is 85.2 Å². The van der Waals surface area contributed by atoms with Gasteiger partial charge in [-0.15, -0.1) is 0 Å². The van der Waals surface area contributed by atoms with Crippen molar-refractivity contribution in [1.29, 1.82) is 0 Å². The Morgan fingerprint density at radius 1 is 1.09 bits per heavy atom. The summed E-state index contributed by atoms with van der Waals surface area (Å²) in [6, 6.07) is 24.4. The van der Waals surface area contributed by atoms with Gasteiger partial charge in [0.25, 0.3) is 0 Å². The molecule has 1 fully saturated rings. The van der Waals surface area contributed by atoms with Crippen molar-refractivity contribution in [2.75, 3.05) is 0 Å². The summed E-state index contributed by atoms with van der Waals surface area (Å²) >= 11 is 0.